The molecule has 1 aliphatic carbocycles. The molecule has 0 radical (unpaired) electrons. The summed E-state index contributed by atoms with van der Waals surface area (Å²) in [6, 6.07) is 3.93. The molecule has 0 spiro atoms. The van der Waals surface area contributed by atoms with Crippen LogP contribution in [0.3, 0.4) is 0 Å². The normalized spacial score (nSPS) is 17.0. The van der Waals surface area contributed by atoms with Crippen LogP contribution in [-0.4, -0.2) is 54.6 Å². The molecule has 3 aromatic heterocycles. The van der Waals surface area contributed by atoms with Gasteiger partial charge in [-0.3, -0.25) is 18.7 Å². The lowest BCUT2D eigenvalue weighted by Crippen LogP contribution is -2.48. The summed E-state index contributed by atoms with van der Waals surface area (Å²) in [5, 5.41) is 20.8. The molecule has 0 bridgehead atoms. The van der Waals surface area contributed by atoms with E-state index in [2.05, 4.69) is 31.0 Å². The number of rotatable bonds is 9. The Balaban J connectivity index is 1.33. The summed E-state index contributed by atoms with van der Waals surface area (Å²) in [6.07, 6.45) is 1.54. The number of hydrogen-bond acceptors (Lipinski definition) is 8. The minimum Gasteiger partial charge on any atom is -0.354 e. The Labute approximate surface area is 248 Å². The van der Waals surface area contributed by atoms with E-state index in [0.29, 0.717) is 18.4 Å². The van der Waals surface area contributed by atoms with Crippen LogP contribution in [0.5, 0.6) is 0 Å². The highest BCUT2D eigenvalue weighted by molar-refractivity contribution is 5.96. The van der Waals surface area contributed by atoms with Gasteiger partial charge in [0.2, 0.25) is 5.91 Å². The Morgan fingerprint density at radius 3 is 2.66 bits per heavy atom. The molecule has 2 amide bonds. The van der Waals surface area contributed by atoms with E-state index in [9.17, 15) is 22.8 Å². The quantitative estimate of drug-likeness (QED) is 0.209. The molecule has 44 heavy (non-hydrogen) atoms. The number of nitrogens with zero attached hydrogens (tertiary/aromatic N) is 6. The van der Waals surface area contributed by atoms with Crippen LogP contribution >= 0.6 is 0 Å². The second-order valence-corrected chi connectivity index (χ2v) is 10.7. The number of amides is 2. The van der Waals surface area contributed by atoms with Crippen LogP contribution in [0, 0.1) is 30.0 Å². The molecular formula is C28H28F4N10O2. The number of benzene rings is 1. The van der Waals surface area contributed by atoms with Crippen molar-refractivity contribution in [2.75, 3.05) is 11.9 Å². The van der Waals surface area contributed by atoms with E-state index in [1.165, 1.54) is 29.1 Å². The fourth-order valence-corrected chi connectivity index (χ4v) is 5.04. The highest BCUT2D eigenvalue weighted by Gasteiger charge is 2.38. The van der Waals surface area contributed by atoms with Gasteiger partial charge in [-0.15, -0.1) is 0 Å². The summed E-state index contributed by atoms with van der Waals surface area (Å²) >= 11 is 0. The average Bonchev–Trinajstić information content (AvgIpc) is 3.55. The lowest BCUT2D eigenvalue weighted by Gasteiger charge is -2.31. The first-order valence-electron chi connectivity index (χ1n) is 13.6. The SMILES string of the molecule is Cc1cc(Nc2nccn3c(-c4cn(CC#N)nc4C(F)(F)F)cnc23)cc(F)c1C(=O)N[C@H](C)CNC(=O)C1CC(N)C1. The molecule has 12 nitrogen and oxygen atoms in total. The zero-order valence-corrected chi connectivity index (χ0v) is 23.6. The van der Waals surface area contributed by atoms with E-state index < -0.39 is 29.6 Å². The van der Waals surface area contributed by atoms with Gasteiger partial charge >= 0.3 is 6.18 Å². The van der Waals surface area contributed by atoms with Crippen molar-refractivity contribution in [1.29, 1.82) is 5.26 Å². The van der Waals surface area contributed by atoms with E-state index in [0.717, 1.165) is 16.9 Å². The molecule has 1 atom stereocenters. The molecule has 1 aromatic carbocycles. The number of imidazole rings is 1. The van der Waals surface area contributed by atoms with Crippen molar-refractivity contribution in [3.63, 3.8) is 0 Å². The van der Waals surface area contributed by atoms with Crippen molar-refractivity contribution in [2.24, 2.45) is 11.7 Å². The van der Waals surface area contributed by atoms with Crippen LogP contribution in [-0.2, 0) is 17.5 Å². The zero-order chi connectivity index (χ0) is 31.8. The predicted molar refractivity (Wildman–Crippen MR) is 150 cm³/mol. The number of carbonyl (C=O) groups excluding carboxylic acids is 2. The molecule has 230 valence electrons. The van der Waals surface area contributed by atoms with Gasteiger partial charge in [-0.2, -0.15) is 23.5 Å². The van der Waals surface area contributed by atoms with Crippen molar-refractivity contribution < 1.29 is 27.2 Å². The van der Waals surface area contributed by atoms with Crippen LogP contribution in [0.25, 0.3) is 16.9 Å². The van der Waals surface area contributed by atoms with Crippen molar-refractivity contribution in [3.05, 3.63) is 59.6 Å². The van der Waals surface area contributed by atoms with Crippen LogP contribution in [0.2, 0.25) is 0 Å². The van der Waals surface area contributed by atoms with Crippen LogP contribution in [0.15, 0.2) is 36.9 Å². The number of aromatic nitrogens is 5. The van der Waals surface area contributed by atoms with Gasteiger partial charge in [0, 0.05) is 48.8 Å². The van der Waals surface area contributed by atoms with Crippen LogP contribution in [0.4, 0.5) is 29.1 Å². The van der Waals surface area contributed by atoms with Crippen LogP contribution in [0.1, 0.15) is 41.4 Å². The number of nitrogens with two attached hydrogens (primary N) is 1. The molecular weight excluding hydrogens is 584 g/mol. The van der Waals surface area contributed by atoms with Crippen molar-refractivity contribution in [2.45, 2.75) is 51.5 Å². The third-order valence-corrected chi connectivity index (χ3v) is 7.25. The maximum atomic E-state index is 15.2. The number of nitriles is 1. The van der Waals surface area contributed by atoms with Gasteiger partial charge in [-0.1, -0.05) is 0 Å². The highest BCUT2D eigenvalue weighted by Crippen LogP contribution is 2.37. The number of alkyl halides is 3. The fraction of sp³-hybridized carbons (Fsp3) is 0.357. The highest BCUT2D eigenvalue weighted by atomic mass is 19.4. The standard InChI is InChI=1S/C28H28F4N10O2/c1-14-7-18(10-20(29)22(14)27(44)38-15(2)11-37-26(43)16-8-17(34)9-16)39-24-25-36-12-21(42(25)6-4-35-24)19-13-41(5-3-33)40-23(19)28(30,31)32/h4,6-7,10,12-13,15-17H,5,8-9,11,34H2,1-2H3,(H,35,39)(H,37,43)(H,38,44)/t15-,16?,17?/m1/s1. The van der Waals surface area contributed by atoms with E-state index in [-0.39, 0.29) is 64.9 Å². The molecule has 1 fully saturated rings. The monoisotopic (exact) mass is 612 g/mol. The van der Waals surface area contributed by atoms with Gasteiger partial charge in [-0.05, 0) is 44.4 Å². The Kier molecular flexibility index (Phi) is 8.24. The number of anilines is 2. The number of aryl methyl sites for hydroxylation is 1. The summed E-state index contributed by atoms with van der Waals surface area (Å²) in [5.74, 6) is -1.62. The maximum Gasteiger partial charge on any atom is 0.435 e. The molecule has 5 rings (SSSR count). The first kappa shape index (κ1) is 30.4. The summed E-state index contributed by atoms with van der Waals surface area (Å²) < 4.78 is 58.7. The molecule has 4 aromatic rings. The molecule has 1 saturated carbocycles. The first-order chi connectivity index (χ1) is 20.8. The number of hydrogen-bond donors (Lipinski definition) is 4. The van der Waals surface area contributed by atoms with Gasteiger partial charge < -0.3 is 21.7 Å². The van der Waals surface area contributed by atoms with Gasteiger partial charge in [0.05, 0.1) is 29.1 Å². The minimum absolute atomic E-state index is 0.0328. The maximum absolute atomic E-state index is 15.2. The molecule has 5 N–H and O–H groups in total. The summed E-state index contributed by atoms with van der Waals surface area (Å²) in [5.41, 5.74) is 4.81. The van der Waals surface area contributed by atoms with Gasteiger partial charge in [-0.25, -0.2) is 14.4 Å². The van der Waals surface area contributed by atoms with Crippen molar-refractivity contribution in [1.82, 2.24) is 34.8 Å². The van der Waals surface area contributed by atoms with E-state index >= 15 is 4.39 Å². The zero-order valence-electron chi connectivity index (χ0n) is 23.6. The Morgan fingerprint density at radius 1 is 1.25 bits per heavy atom. The fourth-order valence-electron chi connectivity index (χ4n) is 5.04. The average molecular weight is 613 g/mol. The van der Waals surface area contributed by atoms with Gasteiger partial charge in [0.25, 0.3) is 5.91 Å². The number of halogens is 4. The third-order valence-electron chi connectivity index (χ3n) is 7.25. The Bertz CT molecular complexity index is 1750. The lowest BCUT2D eigenvalue weighted by molar-refractivity contribution is -0.141. The lowest BCUT2D eigenvalue weighted by atomic mass is 9.80. The molecule has 0 unspecified atom stereocenters. The van der Waals surface area contributed by atoms with Crippen molar-refractivity contribution >= 4 is 29.0 Å². The summed E-state index contributed by atoms with van der Waals surface area (Å²) in [6.45, 7) is 3.03. The molecule has 16 heteroatoms. The Morgan fingerprint density at radius 2 is 2.00 bits per heavy atom. The molecule has 0 aliphatic heterocycles. The topological polar surface area (TPSA) is 168 Å². The van der Waals surface area contributed by atoms with E-state index in [1.54, 1.807) is 19.9 Å². The largest absolute Gasteiger partial charge is 0.435 e. The number of nitrogens with one attached hydrogen (secondary N) is 3. The number of fused-ring (bicyclic) bond motifs is 1. The summed E-state index contributed by atoms with van der Waals surface area (Å²) in [7, 11) is 0. The first-order valence-corrected chi connectivity index (χ1v) is 13.6. The second kappa shape index (κ2) is 11.9. The molecule has 1 aliphatic rings. The van der Waals surface area contributed by atoms with Crippen molar-refractivity contribution in [3.8, 4) is 17.3 Å². The number of carbonyl (C=O) groups is 2. The summed E-state index contributed by atoms with van der Waals surface area (Å²) in [4.78, 5) is 33.5. The molecule has 3 heterocycles. The van der Waals surface area contributed by atoms with E-state index in [1.807, 2.05) is 0 Å². The predicted octanol–water partition coefficient (Wildman–Crippen LogP) is 3.30. The smallest absolute Gasteiger partial charge is 0.354 e. The third kappa shape index (κ3) is 6.18. The van der Waals surface area contributed by atoms with E-state index in [4.69, 9.17) is 11.0 Å². The van der Waals surface area contributed by atoms with Crippen LogP contribution < -0.4 is 21.7 Å². The minimum atomic E-state index is -4.78. The van der Waals surface area contributed by atoms with Gasteiger partial charge in [0.15, 0.2) is 17.2 Å². The van der Waals surface area contributed by atoms with Gasteiger partial charge in [0.1, 0.15) is 12.4 Å². The second-order valence-electron chi connectivity index (χ2n) is 10.7. The Hall–Kier alpha value is -5.04. The molecule has 0 saturated heterocycles.